The number of nitro benzene ring substituents is 1. The van der Waals surface area contributed by atoms with Crippen LogP contribution in [0.25, 0.3) is 0 Å². The third-order valence-corrected chi connectivity index (χ3v) is 3.30. The minimum atomic E-state index is -2.90. The van der Waals surface area contributed by atoms with Crippen LogP contribution in [0.3, 0.4) is 0 Å². The molecule has 2 rings (SSSR count). The molecule has 0 radical (unpaired) electrons. The van der Waals surface area contributed by atoms with Gasteiger partial charge in [0.15, 0.2) is 5.11 Å². The average Bonchev–Trinajstić information content (AvgIpc) is 2.55. The molecule has 3 N–H and O–H groups in total. The lowest BCUT2D eigenvalue weighted by Crippen LogP contribution is -2.27. The van der Waals surface area contributed by atoms with Crippen molar-refractivity contribution in [3.05, 3.63) is 58.1 Å². The van der Waals surface area contributed by atoms with E-state index in [1.54, 1.807) is 0 Å². The Bertz CT molecular complexity index is 772. The van der Waals surface area contributed by atoms with E-state index in [9.17, 15) is 24.0 Å². The number of phenols is 1. The molecular weight excluding hydrogens is 356 g/mol. The number of ether oxygens (including phenoxy) is 1. The summed E-state index contributed by atoms with van der Waals surface area (Å²) in [6.45, 7) is -2.84. The Labute approximate surface area is 146 Å². The largest absolute Gasteiger partial charge is 0.508 e. The van der Waals surface area contributed by atoms with Crippen LogP contribution in [0, 0.1) is 10.1 Å². The molecule has 0 saturated heterocycles. The number of anilines is 1. The fourth-order valence-electron chi connectivity index (χ4n) is 1.90. The fraction of sp³-hybridized carbons (Fsp3) is 0.133. The van der Waals surface area contributed by atoms with Crippen molar-refractivity contribution in [1.29, 1.82) is 0 Å². The molecule has 0 amide bonds. The minimum Gasteiger partial charge on any atom is -0.508 e. The first-order valence-electron chi connectivity index (χ1n) is 6.91. The first-order chi connectivity index (χ1) is 11.8. The van der Waals surface area contributed by atoms with Crippen molar-refractivity contribution in [3.63, 3.8) is 0 Å². The van der Waals surface area contributed by atoms with E-state index in [1.165, 1.54) is 42.5 Å². The molecule has 0 aliphatic carbocycles. The number of hydrogen-bond acceptors (Lipinski definition) is 5. The van der Waals surface area contributed by atoms with Gasteiger partial charge in [-0.2, -0.15) is 8.78 Å². The molecule has 0 fully saturated rings. The zero-order chi connectivity index (χ0) is 18.4. The molecule has 0 aromatic heterocycles. The van der Waals surface area contributed by atoms with Gasteiger partial charge in [0.25, 0.3) is 5.69 Å². The van der Waals surface area contributed by atoms with Crippen LogP contribution in [0.2, 0.25) is 0 Å². The van der Waals surface area contributed by atoms with E-state index in [4.69, 9.17) is 12.2 Å². The van der Waals surface area contributed by atoms with Crippen LogP contribution in [0.15, 0.2) is 42.5 Å². The summed E-state index contributed by atoms with van der Waals surface area (Å²) in [5, 5.41) is 26.3. The molecule has 0 heterocycles. The third kappa shape index (κ3) is 5.53. The summed E-state index contributed by atoms with van der Waals surface area (Å²) < 4.78 is 28.4. The molecule has 10 heteroatoms. The third-order valence-electron chi connectivity index (χ3n) is 3.05. The van der Waals surface area contributed by atoms with Gasteiger partial charge in [-0.05, 0) is 42.5 Å². The van der Waals surface area contributed by atoms with Gasteiger partial charge in [0, 0.05) is 29.9 Å². The van der Waals surface area contributed by atoms with Gasteiger partial charge in [0.1, 0.15) is 11.5 Å². The van der Waals surface area contributed by atoms with E-state index in [-0.39, 0.29) is 28.8 Å². The number of benzene rings is 2. The Morgan fingerprint density at radius 3 is 2.56 bits per heavy atom. The van der Waals surface area contributed by atoms with Crippen molar-refractivity contribution in [2.45, 2.75) is 13.2 Å². The van der Waals surface area contributed by atoms with E-state index < -0.39 is 11.5 Å². The lowest BCUT2D eigenvalue weighted by Gasteiger charge is -2.12. The number of phenolic OH excluding ortho intramolecular Hbond substituents is 1. The van der Waals surface area contributed by atoms with Crippen LogP contribution >= 0.6 is 12.2 Å². The van der Waals surface area contributed by atoms with E-state index in [0.717, 1.165) is 0 Å². The summed E-state index contributed by atoms with van der Waals surface area (Å²) in [7, 11) is 0. The number of halogens is 2. The van der Waals surface area contributed by atoms with Crippen LogP contribution in [-0.2, 0) is 6.54 Å². The first kappa shape index (κ1) is 18.3. The summed E-state index contributed by atoms with van der Waals surface area (Å²) in [6, 6.07) is 9.35. The highest BCUT2D eigenvalue weighted by molar-refractivity contribution is 7.80. The number of aromatic hydroxyl groups is 1. The Kier molecular flexibility index (Phi) is 6.01. The Balaban J connectivity index is 1.92. The number of hydrogen-bond donors (Lipinski definition) is 3. The predicted molar refractivity (Wildman–Crippen MR) is 90.9 cm³/mol. The van der Waals surface area contributed by atoms with Crippen LogP contribution in [0.1, 0.15) is 5.56 Å². The lowest BCUT2D eigenvalue weighted by molar-refractivity contribution is -0.384. The Morgan fingerprint density at radius 2 is 1.96 bits per heavy atom. The molecule has 0 bridgehead atoms. The summed E-state index contributed by atoms with van der Waals surface area (Å²) in [4.78, 5) is 10.2. The summed E-state index contributed by atoms with van der Waals surface area (Å²) >= 11 is 5.08. The maximum Gasteiger partial charge on any atom is 0.387 e. The molecule has 132 valence electrons. The quantitative estimate of drug-likeness (QED) is 0.408. The van der Waals surface area contributed by atoms with Crippen LogP contribution in [0.5, 0.6) is 11.5 Å². The minimum absolute atomic E-state index is 0.0148. The molecule has 2 aromatic carbocycles. The molecule has 25 heavy (non-hydrogen) atoms. The summed E-state index contributed by atoms with van der Waals surface area (Å²) in [5.74, 6) is -0.0876. The molecule has 0 aliphatic heterocycles. The van der Waals surface area contributed by atoms with Gasteiger partial charge in [-0.3, -0.25) is 10.1 Å². The zero-order valence-electron chi connectivity index (χ0n) is 12.6. The highest BCUT2D eigenvalue weighted by Crippen LogP contribution is 2.23. The number of rotatable bonds is 6. The molecule has 0 atom stereocenters. The van der Waals surface area contributed by atoms with Crippen molar-refractivity contribution in [2.24, 2.45) is 0 Å². The van der Waals surface area contributed by atoms with Crippen molar-refractivity contribution in [3.8, 4) is 11.5 Å². The lowest BCUT2D eigenvalue weighted by atomic mass is 10.2. The van der Waals surface area contributed by atoms with Crippen LogP contribution < -0.4 is 15.4 Å². The molecule has 0 spiro atoms. The summed E-state index contributed by atoms with van der Waals surface area (Å²) in [5.41, 5.74) is 0.685. The molecule has 0 saturated carbocycles. The van der Waals surface area contributed by atoms with Crippen molar-refractivity contribution < 1.29 is 23.5 Å². The average molecular weight is 369 g/mol. The van der Waals surface area contributed by atoms with Crippen molar-refractivity contribution in [2.75, 3.05) is 5.32 Å². The smallest absolute Gasteiger partial charge is 0.387 e. The standard InChI is InChI=1S/C15H13F2N3O4S/c16-14(17)24-12-4-1-10(2-5-12)19-15(25)18-8-9-7-11(20(22)23)3-6-13(9)21/h1-7,14,21H,8H2,(H2,18,19,25). The van der Waals surface area contributed by atoms with E-state index in [1.807, 2.05) is 0 Å². The normalized spacial score (nSPS) is 10.4. The SMILES string of the molecule is O=[N+]([O-])c1ccc(O)c(CNC(=S)Nc2ccc(OC(F)F)cc2)c1. The van der Waals surface area contributed by atoms with Crippen LogP contribution in [0.4, 0.5) is 20.2 Å². The molecule has 2 aromatic rings. The topological polar surface area (TPSA) is 96.7 Å². The predicted octanol–water partition coefficient (Wildman–Crippen LogP) is 3.39. The van der Waals surface area contributed by atoms with Gasteiger partial charge < -0.3 is 20.5 Å². The zero-order valence-corrected chi connectivity index (χ0v) is 13.4. The molecule has 0 aliphatic rings. The first-order valence-corrected chi connectivity index (χ1v) is 7.32. The fourth-order valence-corrected chi connectivity index (χ4v) is 2.09. The highest BCUT2D eigenvalue weighted by Gasteiger charge is 2.10. The number of nitrogens with one attached hydrogen (secondary N) is 2. The second-order valence-electron chi connectivity index (χ2n) is 4.78. The molecular formula is C15H13F2N3O4S. The molecule has 7 nitrogen and oxygen atoms in total. The summed E-state index contributed by atoms with van der Waals surface area (Å²) in [6.07, 6.45) is 0. The van der Waals surface area contributed by atoms with Gasteiger partial charge in [-0.15, -0.1) is 0 Å². The number of alkyl halides is 2. The van der Waals surface area contributed by atoms with E-state index in [2.05, 4.69) is 15.4 Å². The van der Waals surface area contributed by atoms with E-state index >= 15 is 0 Å². The van der Waals surface area contributed by atoms with Crippen molar-refractivity contribution in [1.82, 2.24) is 5.32 Å². The number of non-ortho nitro benzene ring substituents is 1. The maximum atomic E-state index is 12.1. The van der Waals surface area contributed by atoms with Gasteiger partial charge in [-0.25, -0.2) is 0 Å². The number of nitro groups is 1. The highest BCUT2D eigenvalue weighted by atomic mass is 32.1. The maximum absolute atomic E-state index is 12.1. The van der Waals surface area contributed by atoms with E-state index in [0.29, 0.717) is 11.3 Å². The second-order valence-corrected chi connectivity index (χ2v) is 5.19. The van der Waals surface area contributed by atoms with Gasteiger partial charge in [-0.1, -0.05) is 0 Å². The Morgan fingerprint density at radius 1 is 1.28 bits per heavy atom. The van der Waals surface area contributed by atoms with Crippen LogP contribution in [-0.4, -0.2) is 21.8 Å². The monoisotopic (exact) mass is 369 g/mol. The number of thiocarbonyl (C=S) groups is 1. The Hall–Kier alpha value is -3.01. The van der Waals surface area contributed by atoms with Gasteiger partial charge in [0.05, 0.1) is 4.92 Å². The van der Waals surface area contributed by atoms with Gasteiger partial charge >= 0.3 is 6.61 Å². The molecule has 0 unspecified atom stereocenters. The van der Waals surface area contributed by atoms with Gasteiger partial charge in [0.2, 0.25) is 0 Å². The second kappa shape index (κ2) is 8.20. The van der Waals surface area contributed by atoms with Crippen molar-refractivity contribution >= 4 is 28.7 Å². The number of nitrogens with zero attached hydrogens (tertiary/aromatic N) is 1.